The number of rotatable bonds is 6. The van der Waals surface area contributed by atoms with Crippen molar-refractivity contribution in [1.29, 1.82) is 0 Å². The zero-order valence-corrected chi connectivity index (χ0v) is 16.2. The van der Waals surface area contributed by atoms with E-state index in [1.807, 2.05) is 85.8 Å². The van der Waals surface area contributed by atoms with Gasteiger partial charge in [0, 0.05) is 17.3 Å². The normalized spacial score (nSPS) is 17.0. The molecule has 3 aromatic rings. The Kier molecular flexibility index (Phi) is 5.25. The smallest absolute Gasteiger partial charge is 0.274 e. The molecule has 0 aliphatic carbocycles. The number of amides is 1. The van der Waals surface area contributed by atoms with Gasteiger partial charge in [-0.2, -0.15) is 0 Å². The first-order chi connectivity index (χ1) is 14.2. The Morgan fingerprint density at radius 2 is 1.52 bits per heavy atom. The van der Waals surface area contributed by atoms with Gasteiger partial charge < -0.3 is 5.32 Å². The molecule has 0 spiro atoms. The molecule has 4 heteroatoms. The molecule has 1 amide bonds. The maximum absolute atomic E-state index is 13.3. The van der Waals surface area contributed by atoms with Gasteiger partial charge in [-0.25, -0.2) is 0 Å². The maximum Gasteiger partial charge on any atom is 0.274 e. The zero-order valence-electron chi connectivity index (χ0n) is 16.2. The van der Waals surface area contributed by atoms with Crippen LogP contribution in [0, 0.1) is 0 Å². The first-order valence-electron chi connectivity index (χ1n) is 9.64. The molecule has 1 unspecified atom stereocenters. The average Bonchev–Trinajstić information content (AvgIpc) is 3.11. The van der Waals surface area contributed by atoms with Gasteiger partial charge in [-0.15, -0.1) is 0 Å². The minimum atomic E-state index is -0.212. The molecule has 29 heavy (non-hydrogen) atoms. The van der Waals surface area contributed by atoms with Crippen LogP contribution in [-0.2, 0) is 4.79 Å². The molecule has 0 radical (unpaired) electrons. The van der Waals surface area contributed by atoms with E-state index < -0.39 is 0 Å². The van der Waals surface area contributed by atoms with Crippen LogP contribution in [0.25, 0.3) is 0 Å². The molecule has 1 aliphatic heterocycles. The second-order valence-corrected chi connectivity index (χ2v) is 7.10. The van der Waals surface area contributed by atoms with Gasteiger partial charge >= 0.3 is 0 Å². The molecule has 0 aromatic heterocycles. The van der Waals surface area contributed by atoms with Crippen molar-refractivity contribution in [3.05, 3.63) is 113 Å². The number of hydrogen-bond acceptors (Lipinski definition) is 3. The SMILES string of the molecule is C[C@@H](NC1=CC(c2ccccc2)N(c2ccc(C=O)cc2)C1=O)c1ccccc1. The quantitative estimate of drug-likeness (QED) is 0.622. The fraction of sp³-hybridized carbons (Fsp3) is 0.120. The van der Waals surface area contributed by atoms with E-state index in [2.05, 4.69) is 5.32 Å². The van der Waals surface area contributed by atoms with Crippen LogP contribution in [0.2, 0.25) is 0 Å². The molecule has 3 aromatic carbocycles. The van der Waals surface area contributed by atoms with E-state index in [0.29, 0.717) is 11.3 Å². The van der Waals surface area contributed by atoms with Crippen LogP contribution in [0.15, 0.2) is 96.7 Å². The molecule has 1 aliphatic rings. The van der Waals surface area contributed by atoms with E-state index in [0.717, 1.165) is 23.1 Å². The summed E-state index contributed by atoms with van der Waals surface area (Å²) in [5.74, 6) is -0.0829. The highest BCUT2D eigenvalue weighted by atomic mass is 16.2. The molecule has 0 fully saturated rings. The predicted molar refractivity (Wildman–Crippen MR) is 115 cm³/mol. The van der Waals surface area contributed by atoms with Crippen molar-refractivity contribution in [2.45, 2.75) is 19.0 Å². The fourth-order valence-electron chi connectivity index (χ4n) is 3.61. The molecule has 0 bridgehead atoms. The van der Waals surface area contributed by atoms with Crippen molar-refractivity contribution in [3.8, 4) is 0 Å². The minimum Gasteiger partial charge on any atom is -0.374 e. The van der Waals surface area contributed by atoms with Crippen LogP contribution in [0.3, 0.4) is 0 Å². The topological polar surface area (TPSA) is 49.4 Å². The standard InChI is InChI=1S/C25H22N2O2/c1-18(20-8-4-2-5-9-20)26-23-16-24(21-10-6-3-7-11-21)27(25(23)29)22-14-12-19(17-28)13-15-22/h2-18,24,26H,1H3/t18-,24?/m1/s1. The highest BCUT2D eigenvalue weighted by Crippen LogP contribution is 2.35. The van der Waals surface area contributed by atoms with Gasteiger partial charge in [-0.3, -0.25) is 14.5 Å². The van der Waals surface area contributed by atoms with E-state index in [4.69, 9.17) is 0 Å². The van der Waals surface area contributed by atoms with Gasteiger partial charge in [0.15, 0.2) is 0 Å². The van der Waals surface area contributed by atoms with Gasteiger partial charge in [0.2, 0.25) is 0 Å². The van der Waals surface area contributed by atoms with Crippen LogP contribution in [0.1, 0.15) is 40.5 Å². The van der Waals surface area contributed by atoms with E-state index in [1.54, 1.807) is 17.0 Å². The van der Waals surface area contributed by atoms with Crippen LogP contribution in [-0.4, -0.2) is 12.2 Å². The highest BCUT2D eigenvalue weighted by Gasteiger charge is 2.35. The number of carbonyl (C=O) groups excluding carboxylic acids is 2. The summed E-state index contributed by atoms with van der Waals surface area (Å²) in [6.07, 6.45) is 2.78. The Balaban J connectivity index is 1.67. The van der Waals surface area contributed by atoms with Crippen molar-refractivity contribution in [2.24, 2.45) is 0 Å². The van der Waals surface area contributed by atoms with Gasteiger partial charge in [0.25, 0.3) is 5.91 Å². The lowest BCUT2D eigenvalue weighted by Gasteiger charge is -2.25. The van der Waals surface area contributed by atoms with Crippen LogP contribution in [0.5, 0.6) is 0 Å². The summed E-state index contributed by atoms with van der Waals surface area (Å²) >= 11 is 0. The minimum absolute atomic E-state index is 0.000197. The van der Waals surface area contributed by atoms with Crippen molar-refractivity contribution < 1.29 is 9.59 Å². The second-order valence-electron chi connectivity index (χ2n) is 7.10. The lowest BCUT2D eigenvalue weighted by atomic mass is 10.1. The van der Waals surface area contributed by atoms with Crippen molar-refractivity contribution in [1.82, 2.24) is 5.32 Å². The first-order valence-corrected chi connectivity index (χ1v) is 9.64. The number of anilines is 1. The summed E-state index contributed by atoms with van der Waals surface area (Å²) in [6, 6.07) is 26.9. The lowest BCUT2D eigenvalue weighted by molar-refractivity contribution is -0.115. The Hall–Kier alpha value is -3.66. The lowest BCUT2D eigenvalue weighted by Crippen LogP contribution is -2.33. The van der Waals surface area contributed by atoms with Crippen molar-refractivity contribution >= 4 is 17.9 Å². The average molecular weight is 382 g/mol. The highest BCUT2D eigenvalue weighted by molar-refractivity contribution is 6.09. The van der Waals surface area contributed by atoms with Gasteiger partial charge in [0.1, 0.15) is 6.29 Å². The molecule has 0 saturated heterocycles. The Morgan fingerprint density at radius 3 is 2.14 bits per heavy atom. The van der Waals surface area contributed by atoms with Crippen LogP contribution >= 0.6 is 0 Å². The van der Waals surface area contributed by atoms with E-state index in [-0.39, 0.29) is 18.0 Å². The predicted octanol–water partition coefficient (Wildman–Crippen LogP) is 4.82. The van der Waals surface area contributed by atoms with E-state index in [9.17, 15) is 9.59 Å². The molecule has 0 saturated carbocycles. The summed E-state index contributed by atoms with van der Waals surface area (Å²) in [7, 11) is 0. The number of carbonyl (C=O) groups is 2. The Labute approximate surface area is 170 Å². The molecule has 4 rings (SSSR count). The number of nitrogens with zero attached hydrogens (tertiary/aromatic N) is 1. The third-order valence-corrected chi connectivity index (χ3v) is 5.17. The van der Waals surface area contributed by atoms with E-state index in [1.165, 1.54) is 0 Å². The molecular weight excluding hydrogens is 360 g/mol. The third kappa shape index (κ3) is 3.83. The van der Waals surface area contributed by atoms with Gasteiger partial charge in [-0.1, -0.05) is 60.7 Å². The number of nitrogens with one attached hydrogen (secondary N) is 1. The second kappa shape index (κ2) is 8.15. The van der Waals surface area contributed by atoms with Crippen molar-refractivity contribution in [3.63, 3.8) is 0 Å². The summed E-state index contributed by atoms with van der Waals surface area (Å²) in [6.45, 7) is 2.04. The summed E-state index contributed by atoms with van der Waals surface area (Å²) in [5.41, 5.74) is 4.07. The molecule has 4 nitrogen and oxygen atoms in total. The summed E-state index contributed by atoms with van der Waals surface area (Å²) < 4.78 is 0. The Bertz CT molecular complexity index is 1030. The van der Waals surface area contributed by atoms with Gasteiger partial charge in [0.05, 0.1) is 11.7 Å². The first kappa shape index (κ1) is 18.7. The fourth-order valence-corrected chi connectivity index (χ4v) is 3.61. The van der Waals surface area contributed by atoms with E-state index >= 15 is 0 Å². The summed E-state index contributed by atoms with van der Waals surface area (Å²) in [5, 5.41) is 3.38. The molecular formula is C25H22N2O2. The number of benzene rings is 3. The van der Waals surface area contributed by atoms with Crippen LogP contribution < -0.4 is 10.2 Å². The maximum atomic E-state index is 13.3. The largest absolute Gasteiger partial charge is 0.374 e. The molecule has 2 atom stereocenters. The van der Waals surface area contributed by atoms with Gasteiger partial charge in [-0.05, 0) is 48.4 Å². The number of hydrogen-bond donors (Lipinski definition) is 1. The van der Waals surface area contributed by atoms with Crippen LogP contribution in [0.4, 0.5) is 5.69 Å². The molecule has 144 valence electrons. The molecule has 1 heterocycles. The monoisotopic (exact) mass is 382 g/mol. The molecule has 1 N–H and O–H groups in total. The Morgan fingerprint density at radius 1 is 0.897 bits per heavy atom. The third-order valence-electron chi connectivity index (χ3n) is 5.17. The zero-order chi connectivity index (χ0) is 20.2. The number of aldehydes is 1. The van der Waals surface area contributed by atoms with Crippen molar-refractivity contribution in [2.75, 3.05) is 4.90 Å². The summed E-state index contributed by atoms with van der Waals surface area (Å²) in [4.78, 5) is 26.1.